The number of aliphatic hydroxyl groups is 1. The van der Waals surface area contributed by atoms with E-state index in [0.717, 1.165) is 38.5 Å². The zero-order chi connectivity index (χ0) is 12.2. The van der Waals surface area contributed by atoms with Crippen LogP contribution in [-0.2, 0) is 4.79 Å². The highest BCUT2D eigenvalue weighted by Crippen LogP contribution is 2.26. The molecule has 3 nitrogen and oxygen atoms in total. The number of hydrogen-bond donors (Lipinski definition) is 1. The third-order valence-corrected chi connectivity index (χ3v) is 3.96. The van der Waals surface area contributed by atoms with Gasteiger partial charge in [0.2, 0.25) is 0 Å². The van der Waals surface area contributed by atoms with E-state index in [2.05, 4.69) is 4.90 Å². The first-order valence-electron chi connectivity index (χ1n) is 6.37. The van der Waals surface area contributed by atoms with E-state index in [9.17, 15) is 9.90 Å². The molecule has 1 aliphatic carbocycles. The molecule has 1 rings (SSSR count). The van der Waals surface area contributed by atoms with Gasteiger partial charge < -0.3 is 9.90 Å². The number of aldehydes is 1. The molecule has 1 fully saturated rings. The van der Waals surface area contributed by atoms with E-state index < -0.39 is 0 Å². The Balaban J connectivity index is 2.56. The van der Waals surface area contributed by atoms with Gasteiger partial charge in [-0.25, -0.2) is 0 Å². The van der Waals surface area contributed by atoms with Crippen LogP contribution in [0.2, 0.25) is 0 Å². The van der Waals surface area contributed by atoms with Crippen LogP contribution in [0.1, 0.15) is 46.0 Å². The molecule has 0 bridgehead atoms. The van der Waals surface area contributed by atoms with Crippen molar-refractivity contribution < 1.29 is 9.90 Å². The highest BCUT2D eigenvalue weighted by molar-refractivity contribution is 5.58. The predicted molar refractivity (Wildman–Crippen MR) is 65.4 cm³/mol. The summed E-state index contributed by atoms with van der Waals surface area (Å²) in [5.74, 6) is 0. The highest BCUT2D eigenvalue weighted by atomic mass is 16.3. The van der Waals surface area contributed by atoms with Crippen LogP contribution in [0.4, 0.5) is 0 Å². The first-order valence-corrected chi connectivity index (χ1v) is 6.37. The fourth-order valence-corrected chi connectivity index (χ4v) is 2.53. The number of rotatable bonds is 5. The number of carbonyl (C=O) groups is 1. The second-order valence-corrected chi connectivity index (χ2v) is 5.46. The van der Waals surface area contributed by atoms with Crippen molar-refractivity contribution in [3.63, 3.8) is 0 Å². The summed E-state index contributed by atoms with van der Waals surface area (Å²) in [4.78, 5) is 13.2. The molecule has 0 saturated heterocycles. The molecule has 0 aromatic rings. The summed E-state index contributed by atoms with van der Waals surface area (Å²) in [6.07, 6.45) is 5.96. The maximum Gasteiger partial charge on any atom is 0.127 e. The molecule has 0 radical (unpaired) electrons. The number of aliphatic hydroxyl groups excluding tert-OH is 1. The van der Waals surface area contributed by atoms with E-state index in [1.54, 1.807) is 0 Å². The van der Waals surface area contributed by atoms with Gasteiger partial charge in [-0.2, -0.15) is 0 Å². The molecule has 0 aromatic carbocycles. The predicted octanol–water partition coefficient (Wildman–Crippen LogP) is 1.84. The SMILES string of the molecule is CCC(C)(C=O)CN(C)C1CCCCC1O. The summed E-state index contributed by atoms with van der Waals surface area (Å²) >= 11 is 0. The van der Waals surface area contributed by atoms with Crippen molar-refractivity contribution in [3.05, 3.63) is 0 Å². The molecule has 94 valence electrons. The van der Waals surface area contributed by atoms with Gasteiger partial charge in [-0.15, -0.1) is 0 Å². The average molecular weight is 227 g/mol. The van der Waals surface area contributed by atoms with E-state index in [-0.39, 0.29) is 17.6 Å². The fourth-order valence-electron chi connectivity index (χ4n) is 2.53. The molecule has 3 atom stereocenters. The monoisotopic (exact) mass is 227 g/mol. The van der Waals surface area contributed by atoms with Gasteiger partial charge in [0.05, 0.1) is 6.10 Å². The summed E-state index contributed by atoms with van der Waals surface area (Å²) in [5, 5.41) is 9.95. The number of carbonyl (C=O) groups excluding carboxylic acids is 1. The molecule has 0 amide bonds. The Kier molecular flexibility index (Phi) is 4.93. The Labute approximate surface area is 98.8 Å². The van der Waals surface area contributed by atoms with E-state index >= 15 is 0 Å². The summed E-state index contributed by atoms with van der Waals surface area (Å²) in [6.45, 7) is 4.78. The van der Waals surface area contributed by atoms with Crippen LogP contribution in [0.25, 0.3) is 0 Å². The van der Waals surface area contributed by atoms with Crippen LogP contribution < -0.4 is 0 Å². The molecule has 0 aromatic heterocycles. The van der Waals surface area contributed by atoms with Crippen molar-refractivity contribution in [1.29, 1.82) is 0 Å². The fraction of sp³-hybridized carbons (Fsp3) is 0.923. The van der Waals surface area contributed by atoms with E-state index in [1.807, 2.05) is 20.9 Å². The van der Waals surface area contributed by atoms with Crippen LogP contribution in [0.5, 0.6) is 0 Å². The Morgan fingerprint density at radius 2 is 2.06 bits per heavy atom. The summed E-state index contributed by atoms with van der Waals surface area (Å²) < 4.78 is 0. The molecule has 0 heterocycles. The zero-order valence-electron chi connectivity index (χ0n) is 10.8. The van der Waals surface area contributed by atoms with Gasteiger partial charge in [0.25, 0.3) is 0 Å². The first-order chi connectivity index (χ1) is 7.52. The largest absolute Gasteiger partial charge is 0.391 e. The minimum atomic E-state index is -0.272. The Morgan fingerprint density at radius 3 is 2.56 bits per heavy atom. The molecule has 1 saturated carbocycles. The van der Waals surface area contributed by atoms with Crippen molar-refractivity contribution in [2.75, 3.05) is 13.6 Å². The molecule has 1 N–H and O–H groups in total. The Hall–Kier alpha value is -0.410. The van der Waals surface area contributed by atoms with E-state index in [4.69, 9.17) is 0 Å². The highest BCUT2D eigenvalue weighted by Gasteiger charge is 2.31. The molecular weight excluding hydrogens is 202 g/mol. The second-order valence-electron chi connectivity index (χ2n) is 5.46. The maximum absolute atomic E-state index is 11.1. The Bertz CT molecular complexity index is 232. The minimum Gasteiger partial charge on any atom is -0.391 e. The van der Waals surface area contributed by atoms with Gasteiger partial charge in [-0.3, -0.25) is 4.90 Å². The Morgan fingerprint density at radius 1 is 1.44 bits per heavy atom. The van der Waals surface area contributed by atoms with Gasteiger partial charge in [0.15, 0.2) is 0 Å². The van der Waals surface area contributed by atoms with Crippen LogP contribution in [0.3, 0.4) is 0 Å². The van der Waals surface area contributed by atoms with Crippen LogP contribution in [0, 0.1) is 5.41 Å². The van der Waals surface area contributed by atoms with Gasteiger partial charge in [-0.05, 0) is 26.3 Å². The zero-order valence-corrected chi connectivity index (χ0v) is 10.8. The molecule has 0 spiro atoms. The van der Waals surface area contributed by atoms with Gasteiger partial charge in [0.1, 0.15) is 6.29 Å². The topological polar surface area (TPSA) is 40.5 Å². The lowest BCUT2D eigenvalue weighted by Crippen LogP contribution is -2.47. The second kappa shape index (κ2) is 5.78. The summed E-state index contributed by atoms with van der Waals surface area (Å²) in [6, 6.07) is 0.236. The molecule has 1 aliphatic rings. The number of nitrogens with zero attached hydrogens (tertiary/aromatic N) is 1. The lowest BCUT2D eigenvalue weighted by atomic mass is 9.86. The van der Waals surface area contributed by atoms with E-state index in [1.165, 1.54) is 6.42 Å². The number of likely N-dealkylation sites (N-methyl/N-ethyl adjacent to an activating group) is 1. The molecule has 3 unspecified atom stereocenters. The quantitative estimate of drug-likeness (QED) is 0.729. The third kappa shape index (κ3) is 3.29. The molecular formula is C13H25NO2. The normalized spacial score (nSPS) is 30.1. The van der Waals surface area contributed by atoms with Crippen LogP contribution in [0.15, 0.2) is 0 Å². The van der Waals surface area contributed by atoms with Gasteiger partial charge in [-0.1, -0.05) is 26.7 Å². The molecule has 16 heavy (non-hydrogen) atoms. The summed E-state index contributed by atoms with van der Waals surface area (Å²) in [5.41, 5.74) is -0.272. The summed E-state index contributed by atoms with van der Waals surface area (Å²) in [7, 11) is 2.02. The van der Waals surface area contributed by atoms with Crippen molar-refractivity contribution in [2.45, 2.75) is 58.1 Å². The van der Waals surface area contributed by atoms with Crippen molar-refractivity contribution in [3.8, 4) is 0 Å². The molecule has 0 aliphatic heterocycles. The lowest BCUT2D eigenvalue weighted by Gasteiger charge is -2.38. The minimum absolute atomic E-state index is 0.216. The standard InChI is InChI=1S/C13H25NO2/c1-4-13(2,10-15)9-14(3)11-7-5-6-8-12(11)16/h10-12,16H,4-9H2,1-3H3. The van der Waals surface area contributed by atoms with Gasteiger partial charge in [0, 0.05) is 18.0 Å². The van der Waals surface area contributed by atoms with Crippen molar-refractivity contribution in [2.24, 2.45) is 5.41 Å². The van der Waals surface area contributed by atoms with Crippen molar-refractivity contribution in [1.82, 2.24) is 4.90 Å². The maximum atomic E-state index is 11.1. The smallest absolute Gasteiger partial charge is 0.127 e. The van der Waals surface area contributed by atoms with E-state index in [0.29, 0.717) is 0 Å². The first kappa shape index (κ1) is 13.7. The molecule has 3 heteroatoms. The van der Waals surface area contributed by atoms with Gasteiger partial charge >= 0.3 is 0 Å². The van der Waals surface area contributed by atoms with Crippen LogP contribution in [-0.4, -0.2) is 42.0 Å². The van der Waals surface area contributed by atoms with Crippen molar-refractivity contribution >= 4 is 6.29 Å². The third-order valence-electron chi connectivity index (χ3n) is 3.96. The average Bonchev–Trinajstić information content (AvgIpc) is 2.29. The van der Waals surface area contributed by atoms with Crippen LogP contribution >= 0.6 is 0 Å². The number of hydrogen-bond acceptors (Lipinski definition) is 3. The lowest BCUT2D eigenvalue weighted by molar-refractivity contribution is -0.117.